The molecular formula is C13H9F3N2O2. The minimum Gasteiger partial charge on any atom is -0.404 e. The van der Waals surface area contributed by atoms with E-state index in [2.05, 4.69) is 9.72 Å². The van der Waals surface area contributed by atoms with Crippen LogP contribution < -0.4 is 10.5 Å². The third-order valence-electron chi connectivity index (χ3n) is 2.44. The highest BCUT2D eigenvalue weighted by atomic mass is 19.4. The first-order valence-electron chi connectivity index (χ1n) is 5.47. The summed E-state index contributed by atoms with van der Waals surface area (Å²) in [7, 11) is 0. The maximum absolute atomic E-state index is 12.1. The summed E-state index contributed by atoms with van der Waals surface area (Å²) >= 11 is 0. The molecule has 1 heterocycles. The lowest BCUT2D eigenvalue weighted by Crippen LogP contribution is -2.18. The molecule has 7 heteroatoms. The fourth-order valence-electron chi connectivity index (χ4n) is 1.58. The number of anilines is 1. The van der Waals surface area contributed by atoms with Gasteiger partial charge in [0.05, 0.1) is 5.69 Å². The molecule has 0 saturated carbocycles. The van der Waals surface area contributed by atoms with E-state index in [1.165, 1.54) is 30.6 Å². The van der Waals surface area contributed by atoms with E-state index < -0.39 is 12.1 Å². The zero-order valence-corrected chi connectivity index (χ0v) is 10.0. The van der Waals surface area contributed by atoms with Crippen LogP contribution >= 0.6 is 0 Å². The topological polar surface area (TPSA) is 65.2 Å². The predicted octanol–water partition coefficient (Wildman–Crippen LogP) is 2.79. The van der Waals surface area contributed by atoms with Crippen molar-refractivity contribution in [1.29, 1.82) is 0 Å². The van der Waals surface area contributed by atoms with Crippen LogP contribution in [-0.4, -0.2) is 17.1 Å². The third kappa shape index (κ3) is 3.25. The quantitative estimate of drug-likeness (QED) is 0.694. The number of halogens is 3. The number of nitrogens with two attached hydrogens (primary N) is 1. The number of carbonyl (C=O) groups is 1. The van der Waals surface area contributed by atoms with Gasteiger partial charge in [0.2, 0.25) is 0 Å². The van der Waals surface area contributed by atoms with E-state index in [1.807, 2.05) is 0 Å². The van der Waals surface area contributed by atoms with Crippen LogP contribution in [0.3, 0.4) is 0 Å². The van der Waals surface area contributed by atoms with Gasteiger partial charge in [-0.05, 0) is 30.3 Å². The number of nitrogens with zero attached hydrogens (tertiary/aromatic N) is 1. The lowest BCUT2D eigenvalue weighted by molar-refractivity contribution is -0.274. The number of alkyl halides is 3. The second-order valence-corrected chi connectivity index (χ2v) is 3.87. The summed E-state index contributed by atoms with van der Waals surface area (Å²) in [5, 5.41) is 0. The van der Waals surface area contributed by atoms with Crippen LogP contribution in [0.25, 0.3) is 0 Å². The summed E-state index contributed by atoms with van der Waals surface area (Å²) in [6, 6.07) is 6.37. The minimum atomic E-state index is -4.83. The lowest BCUT2D eigenvalue weighted by Gasteiger charge is -2.11. The first-order chi connectivity index (χ1) is 9.37. The first-order valence-corrected chi connectivity index (χ1v) is 5.47. The molecule has 0 aliphatic heterocycles. The highest BCUT2D eigenvalue weighted by Crippen LogP contribution is 2.29. The van der Waals surface area contributed by atoms with E-state index in [-0.39, 0.29) is 17.0 Å². The monoisotopic (exact) mass is 282 g/mol. The van der Waals surface area contributed by atoms with E-state index in [0.29, 0.717) is 5.56 Å². The van der Waals surface area contributed by atoms with Crippen molar-refractivity contribution in [2.24, 2.45) is 0 Å². The van der Waals surface area contributed by atoms with Gasteiger partial charge in [-0.2, -0.15) is 0 Å². The van der Waals surface area contributed by atoms with Gasteiger partial charge in [-0.3, -0.25) is 9.78 Å². The van der Waals surface area contributed by atoms with Crippen molar-refractivity contribution < 1.29 is 22.7 Å². The largest absolute Gasteiger partial charge is 0.573 e. The third-order valence-corrected chi connectivity index (χ3v) is 2.44. The van der Waals surface area contributed by atoms with Crippen molar-refractivity contribution >= 4 is 11.5 Å². The molecule has 0 aliphatic carbocycles. The number of rotatable bonds is 3. The predicted molar refractivity (Wildman–Crippen MR) is 65.2 cm³/mol. The molecule has 0 aliphatic rings. The van der Waals surface area contributed by atoms with Crippen LogP contribution in [0.5, 0.6) is 5.75 Å². The van der Waals surface area contributed by atoms with Gasteiger partial charge in [0.1, 0.15) is 0 Å². The van der Waals surface area contributed by atoms with Gasteiger partial charge in [-0.1, -0.05) is 0 Å². The van der Waals surface area contributed by atoms with Crippen LogP contribution in [-0.2, 0) is 0 Å². The van der Waals surface area contributed by atoms with Crippen LogP contribution in [0, 0.1) is 0 Å². The van der Waals surface area contributed by atoms with E-state index in [9.17, 15) is 18.0 Å². The number of hydrogen-bond donors (Lipinski definition) is 1. The van der Waals surface area contributed by atoms with Crippen molar-refractivity contribution in [1.82, 2.24) is 4.98 Å². The molecule has 0 bridgehead atoms. The van der Waals surface area contributed by atoms with Crippen LogP contribution in [0.2, 0.25) is 0 Å². The Morgan fingerprint density at radius 3 is 2.30 bits per heavy atom. The maximum Gasteiger partial charge on any atom is 0.573 e. The van der Waals surface area contributed by atoms with E-state index in [1.54, 1.807) is 0 Å². The van der Waals surface area contributed by atoms with Gasteiger partial charge in [0.15, 0.2) is 11.5 Å². The van der Waals surface area contributed by atoms with Crippen molar-refractivity contribution in [3.05, 3.63) is 53.9 Å². The Kier molecular flexibility index (Phi) is 3.60. The molecule has 0 unspecified atom stereocenters. The summed E-state index contributed by atoms with van der Waals surface area (Å²) in [4.78, 5) is 15.8. The molecule has 104 valence electrons. The average Bonchev–Trinajstić information content (AvgIpc) is 2.40. The van der Waals surface area contributed by atoms with Crippen molar-refractivity contribution in [2.45, 2.75) is 6.36 Å². The molecule has 2 rings (SSSR count). The molecule has 0 fully saturated rings. The number of hydrogen-bond acceptors (Lipinski definition) is 4. The van der Waals surface area contributed by atoms with Gasteiger partial charge < -0.3 is 10.5 Å². The van der Waals surface area contributed by atoms with Gasteiger partial charge in [-0.15, -0.1) is 13.2 Å². The van der Waals surface area contributed by atoms with E-state index >= 15 is 0 Å². The molecule has 0 saturated heterocycles. The van der Waals surface area contributed by atoms with Gasteiger partial charge >= 0.3 is 6.36 Å². The molecule has 0 atom stereocenters. The smallest absolute Gasteiger partial charge is 0.404 e. The summed E-state index contributed by atoms with van der Waals surface area (Å²) in [6.07, 6.45) is -1.94. The van der Waals surface area contributed by atoms with E-state index in [0.717, 1.165) is 12.1 Å². The van der Waals surface area contributed by atoms with Gasteiger partial charge in [-0.25, -0.2) is 0 Å². The molecule has 2 N–H and O–H groups in total. The second-order valence-electron chi connectivity index (χ2n) is 3.87. The van der Waals surface area contributed by atoms with Crippen molar-refractivity contribution in [2.75, 3.05) is 5.73 Å². The number of nitrogen functional groups attached to an aromatic ring is 1. The summed E-state index contributed by atoms with van der Waals surface area (Å²) < 4.78 is 40.0. The molecule has 1 aromatic heterocycles. The molecule has 0 amide bonds. The maximum atomic E-state index is 12.1. The van der Waals surface area contributed by atoms with E-state index in [4.69, 9.17) is 5.73 Å². The normalized spacial score (nSPS) is 11.2. The Labute approximate surface area is 112 Å². The second kappa shape index (κ2) is 5.20. The number of pyridine rings is 1. The Bertz CT molecular complexity index is 627. The zero-order valence-electron chi connectivity index (χ0n) is 10.0. The van der Waals surface area contributed by atoms with Crippen LogP contribution in [0.4, 0.5) is 18.9 Å². The number of aromatic nitrogens is 1. The average molecular weight is 282 g/mol. The fourth-order valence-corrected chi connectivity index (χ4v) is 1.58. The molecule has 20 heavy (non-hydrogen) atoms. The number of ketones is 1. The number of benzene rings is 1. The Hall–Kier alpha value is -2.57. The molecule has 4 nitrogen and oxygen atoms in total. The van der Waals surface area contributed by atoms with Crippen LogP contribution in [0.15, 0.2) is 42.7 Å². The summed E-state index contributed by atoms with van der Waals surface area (Å²) in [6.45, 7) is 0. The first kappa shape index (κ1) is 13.9. The fraction of sp³-hybridized carbons (Fsp3) is 0.0769. The summed E-state index contributed by atoms with van der Waals surface area (Å²) in [5.74, 6) is -0.901. The Morgan fingerprint density at radius 2 is 1.75 bits per heavy atom. The molecular weight excluding hydrogens is 273 g/mol. The van der Waals surface area contributed by atoms with Crippen molar-refractivity contribution in [3.8, 4) is 5.75 Å². The Balaban J connectivity index is 2.28. The number of carbonyl (C=O) groups excluding carboxylic acids is 1. The minimum absolute atomic E-state index is 0.170. The van der Waals surface area contributed by atoms with Gasteiger partial charge in [0.25, 0.3) is 0 Å². The zero-order chi connectivity index (χ0) is 14.8. The SMILES string of the molecule is Nc1cc(C(=O)c2ccncc2)ccc1OC(F)(F)F. The Morgan fingerprint density at radius 1 is 1.10 bits per heavy atom. The van der Waals surface area contributed by atoms with Crippen LogP contribution in [0.1, 0.15) is 15.9 Å². The highest BCUT2D eigenvalue weighted by molar-refractivity contribution is 6.09. The molecule has 0 spiro atoms. The molecule has 0 radical (unpaired) electrons. The standard InChI is InChI=1S/C13H9F3N2O2/c14-13(15,16)20-11-2-1-9(7-10(11)17)12(19)8-3-5-18-6-4-8/h1-7H,17H2. The molecule has 1 aromatic carbocycles. The molecule has 2 aromatic rings. The highest BCUT2D eigenvalue weighted by Gasteiger charge is 2.32. The van der Waals surface area contributed by atoms with Gasteiger partial charge in [0, 0.05) is 23.5 Å². The van der Waals surface area contributed by atoms with Crippen molar-refractivity contribution in [3.63, 3.8) is 0 Å². The summed E-state index contributed by atoms with van der Waals surface area (Å²) in [5.41, 5.74) is 5.73. The lowest BCUT2D eigenvalue weighted by atomic mass is 10.0. The number of ether oxygens (including phenoxy) is 1.